The summed E-state index contributed by atoms with van der Waals surface area (Å²) in [4.78, 5) is 0. The Balaban J connectivity index is 2.85. The number of hydrogen-bond donors (Lipinski definition) is 2. The topological polar surface area (TPSA) is 35.9 Å². The lowest BCUT2D eigenvalue weighted by atomic mass is 11.4. The van der Waals surface area contributed by atoms with E-state index in [4.69, 9.17) is 5.41 Å². The second-order valence-corrected chi connectivity index (χ2v) is 2.03. The number of nitrogens with one attached hydrogen (secondary N) is 2. The zero-order chi connectivity index (χ0) is 4.28. The number of amidine groups is 1. The van der Waals surface area contributed by atoms with Crippen molar-refractivity contribution in [2.75, 3.05) is 0 Å². The maximum atomic E-state index is 6.61. The monoisotopic (exact) mass is 296 g/mol. The van der Waals surface area contributed by atoms with Gasteiger partial charge in [0.2, 0.25) is 0 Å². The van der Waals surface area contributed by atoms with Crippen LogP contribution in [0.25, 0.3) is 0 Å². The van der Waals surface area contributed by atoms with Crippen LogP contribution in [0.4, 0.5) is 0 Å². The Morgan fingerprint density at radius 1 is 1.80 bits per heavy atom. The van der Waals surface area contributed by atoms with Crippen LogP contribution in [-0.2, 0) is 0 Å². The minimum absolute atomic E-state index is 0.461. The van der Waals surface area contributed by atoms with Gasteiger partial charge in [0.05, 0.1) is 22.9 Å². The van der Waals surface area contributed by atoms with Crippen LogP contribution in [-0.4, -0.2) is 3.84 Å². The lowest BCUT2D eigenvalue weighted by molar-refractivity contribution is 1.48. The van der Waals surface area contributed by atoms with E-state index < -0.39 is 0 Å². The molecule has 0 bridgehead atoms. The van der Waals surface area contributed by atoms with Crippen molar-refractivity contribution in [1.82, 2.24) is 3.53 Å². The highest BCUT2D eigenvalue weighted by Crippen LogP contribution is 1.81. The van der Waals surface area contributed by atoms with Gasteiger partial charge in [-0.25, -0.2) is 0 Å². The van der Waals surface area contributed by atoms with Crippen LogP contribution in [0.15, 0.2) is 0 Å². The highest BCUT2D eigenvalue weighted by molar-refractivity contribution is 14.1. The van der Waals surface area contributed by atoms with Gasteiger partial charge >= 0.3 is 0 Å². The van der Waals surface area contributed by atoms with Gasteiger partial charge in [-0.15, -0.1) is 0 Å². The largest absolute Gasteiger partial charge is 0.308 e. The van der Waals surface area contributed by atoms with Gasteiger partial charge in [0.15, 0.2) is 3.84 Å². The van der Waals surface area contributed by atoms with E-state index in [2.05, 4.69) is 3.53 Å². The van der Waals surface area contributed by atoms with Gasteiger partial charge in [0.1, 0.15) is 0 Å². The molecule has 0 aliphatic rings. The Morgan fingerprint density at radius 2 is 2.00 bits per heavy atom. The summed E-state index contributed by atoms with van der Waals surface area (Å²) >= 11 is 3.77. The SMILES string of the molecule is N=C(I)NI. The minimum atomic E-state index is 0.461. The van der Waals surface area contributed by atoms with E-state index in [0.29, 0.717) is 3.84 Å². The average Bonchev–Trinajstić information content (AvgIpc) is 1.38. The maximum Gasteiger partial charge on any atom is 0.165 e. The van der Waals surface area contributed by atoms with E-state index in [1.54, 1.807) is 0 Å². The molecule has 0 aromatic heterocycles. The fourth-order valence-corrected chi connectivity index (χ4v) is 0. The Labute approximate surface area is 57.9 Å². The van der Waals surface area contributed by atoms with Crippen molar-refractivity contribution in [3.05, 3.63) is 0 Å². The predicted octanol–water partition coefficient (Wildman–Crippen LogP) is 1.30. The lowest BCUT2D eigenvalue weighted by Crippen LogP contribution is -1.97. The van der Waals surface area contributed by atoms with E-state index >= 15 is 0 Å². The molecule has 0 heterocycles. The molecular weight excluding hydrogens is 294 g/mol. The molecule has 0 amide bonds. The third-order valence-electron chi connectivity index (χ3n) is 0.0830. The molecule has 0 unspecified atom stereocenters. The van der Waals surface area contributed by atoms with Gasteiger partial charge in [-0.05, 0) is 22.6 Å². The van der Waals surface area contributed by atoms with Crippen LogP contribution in [0.2, 0.25) is 0 Å². The molecule has 0 spiro atoms. The van der Waals surface area contributed by atoms with E-state index in [9.17, 15) is 0 Å². The Bertz CT molecular complexity index is 42.9. The van der Waals surface area contributed by atoms with Crippen molar-refractivity contribution in [2.45, 2.75) is 0 Å². The molecule has 2 N–H and O–H groups in total. The fraction of sp³-hybridized carbons (Fsp3) is 0. The summed E-state index contributed by atoms with van der Waals surface area (Å²) in [7, 11) is 0. The van der Waals surface area contributed by atoms with Crippen molar-refractivity contribution >= 4 is 49.3 Å². The molecule has 5 heavy (non-hydrogen) atoms. The molecule has 0 rings (SSSR count). The van der Waals surface area contributed by atoms with E-state index in [1.807, 2.05) is 45.5 Å². The van der Waals surface area contributed by atoms with Crippen LogP contribution in [0.1, 0.15) is 0 Å². The number of halogens is 2. The van der Waals surface area contributed by atoms with Gasteiger partial charge in [0, 0.05) is 0 Å². The van der Waals surface area contributed by atoms with E-state index in [0.717, 1.165) is 0 Å². The summed E-state index contributed by atoms with van der Waals surface area (Å²) in [5, 5.41) is 6.61. The summed E-state index contributed by atoms with van der Waals surface area (Å²) in [5.41, 5.74) is 0. The summed E-state index contributed by atoms with van der Waals surface area (Å²) in [6.45, 7) is 0. The predicted molar refractivity (Wildman–Crippen MR) is 38.9 cm³/mol. The molecule has 4 heteroatoms. The first-order valence-electron chi connectivity index (χ1n) is 0.878. The zero-order valence-electron chi connectivity index (χ0n) is 2.26. The smallest absolute Gasteiger partial charge is 0.165 e. The van der Waals surface area contributed by atoms with Gasteiger partial charge in [-0.2, -0.15) is 0 Å². The molecule has 0 saturated heterocycles. The lowest BCUT2D eigenvalue weighted by Gasteiger charge is -1.79. The molecule has 0 aliphatic heterocycles. The molecule has 0 aliphatic carbocycles. The van der Waals surface area contributed by atoms with Crippen LogP contribution in [0, 0.1) is 5.41 Å². The highest BCUT2D eigenvalue weighted by Gasteiger charge is 1.71. The molecule has 0 radical (unpaired) electrons. The van der Waals surface area contributed by atoms with Gasteiger partial charge in [-0.3, -0.25) is 5.41 Å². The molecule has 0 saturated carbocycles. The first-order chi connectivity index (χ1) is 2.27. The molecule has 2 nitrogen and oxygen atoms in total. The van der Waals surface area contributed by atoms with E-state index in [-0.39, 0.29) is 0 Å². The van der Waals surface area contributed by atoms with Crippen molar-refractivity contribution in [2.24, 2.45) is 0 Å². The van der Waals surface area contributed by atoms with E-state index in [1.165, 1.54) is 0 Å². The third-order valence-corrected chi connectivity index (χ3v) is 1.92. The molecule has 0 fully saturated rings. The second kappa shape index (κ2) is 3.13. The van der Waals surface area contributed by atoms with Gasteiger partial charge in [-0.1, -0.05) is 0 Å². The van der Waals surface area contributed by atoms with Crippen molar-refractivity contribution in [3.63, 3.8) is 0 Å². The number of hydrogen-bond acceptors (Lipinski definition) is 1. The van der Waals surface area contributed by atoms with Crippen LogP contribution in [0.3, 0.4) is 0 Å². The second-order valence-electron chi connectivity index (χ2n) is 0.408. The van der Waals surface area contributed by atoms with Crippen LogP contribution < -0.4 is 3.53 Å². The Morgan fingerprint density at radius 3 is 2.00 bits per heavy atom. The summed E-state index contributed by atoms with van der Waals surface area (Å²) in [6, 6.07) is 0. The van der Waals surface area contributed by atoms with Crippen molar-refractivity contribution in [1.29, 1.82) is 5.41 Å². The highest BCUT2D eigenvalue weighted by atomic mass is 127. The van der Waals surface area contributed by atoms with Crippen molar-refractivity contribution < 1.29 is 0 Å². The molecule has 0 aromatic rings. The maximum absolute atomic E-state index is 6.61. The van der Waals surface area contributed by atoms with Crippen LogP contribution >= 0.6 is 45.5 Å². The fourth-order valence-electron chi connectivity index (χ4n) is 0. The zero-order valence-corrected chi connectivity index (χ0v) is 6.57. The normalized spacial score (nSPS) is 6.80. The summed E-state index contributed by atoms with van der Waals surface area (Å²) < 4.78 is 3.03. The first kappa shape index (κ1) is 5.93. The molecule has 30 valence electrons. The first-order valence-corrected chi connectivity index (χ1v) is 3.04. The molecular formula is CH2I2N2. The van der Waals surface area contributed by atoms with Crippen LogP contribution in [0.5, 0.6) is 0 Å². The quantitative estimate of drug-likeness (QED) is 0.228. The summed E-state index contributed by atoms with van der Waals surface area (Å²) in [6.07, 6.45) is 0. The molecule has 0 aromatic carbocycles. The van der Waals surface area contributed by atoms with Gasteiger partial charge in [0.25, 0.3) is 0 Å². The Hall–Kier alpha value is 0.930. The Kier molecular flexibility index (Phi) is 3.72. The minimum Gasteiger partial charge on any atom is -0.308 e. The number of rotatable bonds is 0. The molecule has 0 atom stereocenters. The standard InChI is InChI=1S/CH2I2N2/c2-1(4)5-3/h(H2,4,5). The third kappa shape index (κ3) is 4.93. The average molecular weight is 296 g/mol. The van der Waals surface area contributed by atoms with Gasteiger partial charge < -0.3 is 3.53 Å². The summed E-state index contributed by atoms with van der Waals surface area (Å²) in [5.74, 6) is 0. The van der Waals surface area contributed by atoms with Crippen molar-refractivity contribution in [3.8, 4) is 0 Å².